The van der Waals surface area contributed by atoms with E-state index in [9.17, 15) is 14.7 Å². The van der Waals surface area contributed by atoms with Gasteiger partial charge < -0.3 is 14.7 Å². The summed E-state index contributed by atoms with van der Waals surface area (Å²) < 4.78 is 9.30. The zero-order valence-electron chi connectivity index (χ0n) is 28.9. The lowest BCUT2D eigenvalue weighted by Gasteiger charge is -2.40. The minimum Gasteiger partial charge on any atom is -0.493 e. The molecule has 1 aromatic heterocycles. The number of esters is 1. The van der Waals surface area contributed by atoms with Gasteiger partial charge in [-0.3, -0.25) is 9.59 Å². The van der Waals surface area contributed by atoms with E-state index in [1.54, 1.807) is 4.68 Å². The first-order valence-corrected chi connectivity index (χ1v) is 16.8. The lowest BCUT2D eigenvalue weighted by molar-refractivity contribution is -0.168. The maximum absolute atomic E-state index is 12.9. The van der Waals surface area contributed by atoms with Gasteiger partial charge in [-0.05, 0) is 62.3 Å². The molecule has 7 heteroatoms. The summed E-state index contributed by atoms with van der Waals surface area (Å²) in [6.07, 6.45) is 3.46. The van der Waals surface area contributed by atoms with Gasteiger partial charge in [0.2, 0.25) is 5.88 Å². The number of nitrogens with zero attached hydrogens (tertiary/aromatic N) is 3. The first-order chi connectivity index (χ1) is 23.2. The molecule has 0 saturated heterocycles. The number of aromatic nitrogens is 2. The second-order valence-corrected chi connectivity index (χ2v) is 12.4. The molecular formula is C41H49N3O4. The van der Waals surface area contributed by atoms with Crippen LogP contribution in [-0.2, 0) is 28.0 Å². The predicted molar refractivity (Wildman–Crippen MR) is 194 cm³/mol. The summed E-state index contributed by atoms with van der Waals surface area (Å²) >= 11 is 0. The Morgan fingerprint density at radius 3 is 1.79 bits per heavy atom. The number of aromatic hydroxyl groups is 1. The van der Waals surface area contributed by atoms with Crippen molar-refractivity contribution in [2.24, 2.45) is 5.92 Å². The molecule has 48 heavy (non-hydrogen) atoms. The molecule has 2 atom stereocenters. The molecule has 1 N–H and O–H groups in total. The van der Waals surface area contributed by atoms with Crippen LogP contribution in [0.4, 0.5) is 0 Å². The van der Waals surface area contributed by atoms with Gasteiger partial charge in [-0.15, -0.1) is 0 Å². The number of para-hydroxylation sites is 2. The molecule has 4 aromatic carbocycles. The quantitative estimate of drug-likeness (QED) is 0.131. The number of hydrogen-bond acceptors (Lipinski definition) is 5. The van der Waals surface area contributed by atoms with Crippen LogP contribution in [0.25, 0.3) is 11.4 Å². The van der Waals surface area contributed by atoms with Gasteiger partial charge in [-0.25, -0.2) is 9.36 Å². The van der Waals surface area contributed by atoms with Crippen molar-refractivity contribution in [3.05, 3.63) is 148 Å². The van der Waals surface area contributed by atoms with Crippen molar-refractivity contribution in [3.63, 3.8) is 0 Å². The van der Waals surface area contributed by atoms with Crippen molar-refractivity contribution < 1.29 is 14.6 Å². The van der Waals surface area contributed by atoms with Crippen LogP contribution in [0.15, 0.2) is 126 Å². The molecule has 5 rings (SSSR count). The largest absolute Gasteiger partial charge is 0.493 e. The summed E-state index contributed by atoms with van der Waals surface area (Å²) in [7, 11) is 4.10. The average Bonchev–Trinajstić information content (AvgIpc) is 3.36. The summed E-state index contributed by atoms with van der Waals surface area (Å²) in [5, 5.41) is 10.7. The first-order valence-electron chi connectivity index (χ1n) is 16.8. The van der Waals surface area contributed by atoms with E-state index in [2.05, 4.69) is 57.1 Å². The molecule has 2 unspecified atom stereocenters. The number of carbonyl (C=O) groups is 1. The van der Waals surface area contributed by atoms with Gasteiger partial charge in [0.1, 0.15) is 5.60 Å². The Labute approximate surface area is 285 Å². The van der Waals surface area contributed by atoms with Crippen molar-refractivity contribution in [2.45, 2.75) is 58.5 Å². The Hall–Kier alpha value is -4.88. The number of unbranched alkanes of at least 4 members (excludes halogenated alkanes) is 1. The number of hydrogen-bond donors (Lipinski definition) is 1. The lowest BCUT2D eigenvalue weighted by atomic mass is 9.77. The highest BCUT2D eigenvalue weighted by Gasteiger charge is 2.42. The van der Waals surface area contributed by atoms with Gasteiger partial charge in [0.05, 0.1) is 16.9 Å². The van der Waals surface area contributed by atoms with Crippen molar-refractivity contribution in [1.29, 1.82) is 0 Å². The zero-order chi connectivity index (χ0) is 34.5. The monoisotopic (exact) mass is 647 g/mol. The molecule has 252 valence electrons. The van der Waals surface area contributed by atoms with Gasteiger partial charge in [0.25, 0.3) is 5.56 Å². The van der Waals surface area contributed by atoms with Crippen LogP contribution in [0, 0.1) is 5.92 Å². The summed E-state index contributed by atoms with van der Waals surface area (Å²) in [4.78, 5) is 27.4. The van der Waals surface area contributed by atoms with Crippen LogP contribution >= 0.6 is 0 Å². The molecule has 0 radical (unpaired) electrons. The maximum atomic E-state index is 12.9. The Bertz CT molecular complexity index is 1750. The van der Waals surface area contributed by atoms with E-state index < -0.39 is 5.60 Å². The number of rotatable bonds is 13. The molecule has 5 aromatic rings. The molecule has 0 aliphatic heterocycles. The highest BCUT2D eigenvalue weighted by molar-refractivity contribution is 5.70. The fraction of sp³-hybridized carbons (Fsp3) is 0.317. The topological polar surface area (TPSA) is 76.7 Å². The standard InChI is InChI=1S/C22H29NO2.C19H20N2O2/c1-5-21(24)25-22(18(2)17-23(3)4,20-14-10-7-11-15-20)16-19-12-8-6-9-13-19;1-2-3-14-17-18(22)20(15-10-6-4-7-11-15)21(19(17)23)16-12-8-5-9-13-16/h6-15,18H,5,16-17H2,1-4H3;4-13,22H,2-3,14H2,1H3. The second-order valence-electron chi connectivity index (χ2n) is 12.4. The summed E-state index contributed by atoms with van der Waals surface area (Å²) in [5.74, 6) is 0.00417. The third-order valence-electron chi connectivity index (χ3n) is 8.49. The van der Waals surface area contributed by atoms with Crippen molar-refractivity contribution in [1.82, 2.24) is 14.3 Å². The predicted octanol–water partition coefficient (Wildman–Crippen LogP) is 7.95. The van der Waals surface area contributed by atoms with Gasteiger partial charge in [-0.2, -0.15) is 0 Å². The Balaban J connectivity index is 0.000000217. The molecule has 0 amide bonds. The van der Waals surface area contributed by atoms with E-state index in [4.69, 9.17) is 4.74 Å². The first kappa shape index (κ1) is 36.0. The van der Waals surface area contributed by atoms with E-state index in [-0.39, 0.29) is 23.3 Å². The van der Waals surface area contributed by atoms with Crippen molar-refractivity contribution in [3.8, 4) is 17.3 Å². The minimum absolute atomic E-state index is 0.0264. The third-order valence-corrected chi connectivity index (χ3v) is 8.49. The summed E-state index contributed by atoms with van der Waals surface area (Å²) in [5.41, 5.74) is 3.34. The second kappa shape index (κ2) is 17.3. The lowest BCUT2D eigenvalue weighted by Crippen LogP contribution is -2.44. The van der Waals surface area contributed by atoms with Crippen LogP contribution in [0.1, 0.15) is 56.7 Å². The molecule has 0 bridgehead atoms. The molecule has 0 aliphatic rings. The van der Waals surface area contributed by atoms with E-state index >= 15 is 0 Å². The maximum Gasteiger partial charge on any atom is 0.306 e. The molecular weight excluding hydrogens is 598 g/mol. The minimum atomic E-state index is -0.681. The average molecular weight is 648 g/mol. The van der Waals surface area contributed by atoms with Gasteiger partial charge in [0, 0.05) is 25.3 Å². The van der Waals surface area contributed by atoms with Crippen LogP contribution in [0.2, 0.25) is 0 Å². The van der Waals surface area contributed by atoms with E-state index in [0.29, 0.717) is 24.8 Å². The van der Waals surface area contributed by atoms with Gasteiger partial charge >= 0.3 is 5.97 Å². The molecule has 0 fully saturated rings. The van der Waals surface area contributed by atoms with E-state index in [0.717, 1.165) is 36.3 Å². The number of carbonyl (C=O) groups excluding carboxylic acids is 1. The van der Waals surface area contributed by atoms with Crippen LogP contribution in [0.5, 0.6) is 5.88 Å². The van der Waals surface area contributed by atoms with Crippen molar-refractivity contribution in [2.75, 3.05) is 20.6 Å². The summed E-state index contributed by atoms with van der Waals surface area (Å²) in [6.45, 7) is 6.91. The van der Waals surface area contributed by atoms with Crippen LogP contribution < -0.4 is 5.56 Å². The normalized spacial score (nSPS) is 12.9. The van der Waals surface area contributed by atoms with Crippen LogP contribution in [0.3, 0.4) is 0 Å². The fourth-order valence-electron chi connectivity index (χ4n) is 6.06. The van der Waals surface area contributed by atoms with Gasteiger partial charge in [0.15, 0.2) is 0 Å². The SMILES string of the molecule is CCC(=O)OC(Cc1ccccc1)(c1ccccc1)C(C)CN(C)C.CCCCc1c(O)n(-c2ccccc2)n(-c2ccccc2)c1=O. The molecule has 0 spiro atoms. The Kier molecular flexibility index (Phi) is 13.0. The number of ether oxygens (including phenoxy) is 1. The molecule has 0 saturated carbocycles. The van der Waals surface area contributed by atoms with E-state index in [1.165, 1.54) is 10.2 Å². The van der Waals surface area contributed by atoms with Crippen LogP contribution in [-0.4, -0.2) is 46.0 Å². The van der Waals surface area contributed by atoms with Crippen molar-refractivity contribution >= 4 is 5.97 Å². The number of benzene rings is 4. The molecule has 0 aliphatic carbocycles. The smallest absolute Gasteiger partial charge is 0.306 e. The highest BCUT2D eigenvalue weighted by Crippen LogP contribution is 2.38. The van der Waals surface area contributed by atoms with E-state index in [1.807, 2.05) is 104 Å². The zero-order valence-corrected chi connectivity index (χ0v) is 28.9. The fourth-order valence-corrected chi connectivity index (χ4v) is 6.06. The Morgan fingerprint density at radius 1 is 0.792 bits per heavy atom. The molecule has 1 heterocycles. The van der Waals surface area contributed by atoms with Gasteiger partial charge in [-0.1, -0.05) is 124 Å². The third kappa shape index (κ3) is 8.72. The highest BCUT2D eigenvalue weighted by atomic mass is 16.6. The summed E-state index contributed by atoms with van der Waals surface area (Å²) in [6, 6.07) is 39.3. The Morgan fingerprint density at radius 2 is 1.29 bits per heavy atom. The molecule has 7 nitrogen and oxygen atoms in total.